The number of anilines is 1. The smallest absolute Gasteiger partial charge is 0.292 e. The minimum atomic E-state index is -0.381. The van der Waals surface area contributed by atoms with E-state index in [1.165, 1.54) is 4.68 Å². The zero-order valence-corrected chi connectivity index (χ0v) is 19.2. The second-order valence-corrected chi connectivity index (χ2v) is 8.43. The molecule has 1 fully saturated rings. The third-order valence-electron chi connectivity index (χ3n) is 5.81. The number of carbonyl (C=O) groups excluding carboxylic acids is 2. The summed E-state index contributed by atoms with van der Waals surface area (Å²) in [6, 6.07) is 16.5. The van der Waals surface area contributed by atoms with Crippen molar-refractivity contribution in [2.24, 2.45) is 0 Å². The number of rotatable bonds is 6. The number of halogens is 1. The van der Waals surface area contributed by atoms with E-state index in [1.54, 1.807) is 35.4 Å². The Hall–Kier alpha value is -3.45. The number of piperazine rings is 1. The lowest BCUT2D eigenvalue weighted by molar-refractivity contribution is -0.131. The highest BCUT2D eigenvalue weighted by Gasteiger charge is 2.24. The van der Waals surface area contributed by atoms with E-state index in [-0.39, 0.29) is 35.1 Å². The molecule has 0 bridgehead atoms. The molecule has 0 atom stereocenters. The van der Waals surface area contributed by atoms with Crippen LogP contribution in [0.25, 0.3) is 5.69 Å². The van der Waals surface area contributed by atoms with Gasteiger partial charge in [0.05, 0.1) is 17.6 Å². The number of ketones is 1. The first kappa shape index (κ1) is 22.7. The van der Waals surface area contributed by atoms with Crippen LogP contribution in [0.1, 0.15) is 28.8 Å². The number of Topliss-reactive ketones (excluding diaryl/α,β-unsaturated/α-hetero) is 1. The van der Waals surface area contributed by atoms with Gasteiger partial charge in [0.1, 0.15) is 5.02 Å². The lowest BCUT2D eigenvalue weighted by Crippen LogP contribution is -2.49. The molecule has 7 nitrogen and oxygen atoms in total. The SMILES string of the molecule is Cc1ccc(C(=O)CCC(=O)N2CCN(c3cnn(-c4ccccc4)c(=O)c3Cl)CC2)cc1. The molecule has 1 amide bonds. The van der Waals surface area contributed by atoms with Gasteiger partial charge in [-0.25, -0.2) is 0 Å². The van der Waals surface area contributed by atoms with Crippen LogP contribution in [0.2, 0.25) is 5.02 Å². The molecule has 3 aromatic rings. The molecule has 1 aliphatic rings. The largest absolute Gasteiger partial charge is 0.365 e. The number of amides is 1. The van der Waals surface area contributed by atoms with Gasteiger partial charge in [0.2, 0.25) is 5.91 Å². The Bertz CT molecular complexity index is 1200. The van der Waals surface area contributed by atoms with Gasteiger partial charge in [0.15, 0.2) is 5.78 Å². The summed E-state index contributed by atoms with van der Waals surface area (Å²) < 4.78 is 1.27. The molecule has 1 saturated heterocycles. The molecule has 0 spiro atoms. The number of hydrogen-bond acceptors (Lipinski definition) is 5. The van der Waals surface area contributed by atoms with Gasteiger partial charge in [0, 0.05) is 44.6 Å². The number of nitrogens with zero attached hydrogens (tertiary/aromatic N) is 4. The van der Waals surface area contributed by atoms with Crippen LogP contribution in [0.5, 0.6) is 0 Å². The Morgan fingerprint density at radius 2 is 1.61 bits per heavy atom. The summed E-state index contributed by atoms with van der Waals surface area (Å²) >= 11 is 6.40. The summed E-state index contributed by atoms with van der Waals surface area (Å²) in [6.45, 7) is 4.03. The lowest BCUT2D eigenvalue weighted by atomic mass is 10.0. The summed E-state index contributed by atoms with van der Waals surface area (Å²) in [7, 11) is 0. The van der Waals surface area contributed by atoms with Gasteiger partial charge in [-0.15, -0.1) is 0 Å². The minimum Gasteiger partial charge on any atom is -0.365 e. The van der Waals surface area contributed by atoms with E-state index in [9.17, 15) is 14.4 Å². The topological polar surface area (TPSA) is 75.5 Å². The number of hydrogen-bond donors (Lipinski definition) is 0. The Morgan fingerprint density at radius 3 is 2.27 bits per heavy atom. The summed E-state index contributed by atoms with van der Waals surface area (Å²) in [5, 5.41) is 4.39. The highest BCUT2D eigenvalue weighted by Crippen LogP contribution is 2.23. The maximum Gasteiger partial charge on any atom is 0.292 e. The van der Waals surface area contributed by atoms with E-state index in [2.05, 4.69) is 5.10 Å². The Kier molecular flexibility index (Phi) is 6.89. The fraction of sp³-hybridized carbons (Fsp3) is 0.280. The van der Waals surface area contributed by atoms with Crippen LogP contribution in [0.4, 0.5) is 5.69 Å². The van der Waals surface area contributed by atoms with Crippen LogP contribution in [0.3, 0.4) is 0 Å². The van der Waals surface area contributed by atoms with Crippen molar-refractivity contribution in [1.29, 1.82) is 0 Å². The van der Waals surface area contributed by atoms with E-state index < -0.39 is 0 Å². The van der Waals surface area contributed by atoms with Gasteiger partial charge in [-0.05, 0) is 19.1 Å². The first-order valence-corrected chi connectivity index (χ1v) is 11.3. The average molecular weight is 465 g/mol. The van der Waals surface area contributed by atoms with Crippen molar-refractivity contribution in [3.63, 3.8) is 0 Å². The molecule has 0 radical (unpaired) electrons. The normalized spacial score (nSPS) is 13.8. The highest BCUT2D eigenvalue weighted by atomic mass is 35.5. The van der Waals surface area contributed by atoms with Gasteiger partial charge in [-0.1, -0.05) is 59.6 Å². The Labute approximate surface area is 197 Å². The van der Waals surface area contributed by atoms with Gasteiger partial charge < -0.3 is 9.80 Å². The molecule has 1 aliphatic heterocycles. The summed E-state index contributed by atoms with van der Waals surface area (Å²) in [5.74, 6) is -0.0716. The first-order chi connectivity index (χ1) is 15.9. The molecule has 4 rings (SSSR count). The maximum absolute atomic E-state index is 12.7. The van der Waals surface area contributed by atoms with Crippen LogP contribution in [0.15, 0.2) is 65.6 Å². The second-order valence-electron chi connectivity index (χ2n) is 8.05. The predicted molar refractivity (Wildman–Crippen MR) is 128 cm³/mol. The molecule has 8 heteroatoms. The zero-order chi connectivity index (χ0) is 23.4. The zero-order valence-electron chi connectivity index (χ0n) is 18.4. The van der Waals surface area contributed by atoms with Gasteiger partial charge in [-0.2, -0.15) is 9.78 Å². The quantitative estimate of drug-likeness (QED) is 0.522. The number of carbonyl (C=O) groups is 2. The van der Waals surface area contributed by atoms with Crippen LogP contribution >= 0.6 is 11.6 Å². The number of aryl methyl sites for hydroxylation is 1. The van der Waals surface area contributed by atoms with Crippen molar-refractivity contribution in [1.82, 2.24) is 14.7 Å². The molecule has 0 N–H and O–H groups in total. The predicted octanol–water partition coefficient (Wildman–Crippen LogP) is 3.51. The maximum atomic E-state index is 12.7. The van der Waals surface area contributed by atoms with E-state index in [4.69, 9.17) is 11.6 Å². The van der Waals surface area contributed by atoms with Gasteiger partial charge in [-0.3, -0.25) is 14.4 Å². The van der Waals surface area contributed by atoms with Crippen LogP contribution in [0, 0.1) is 6.92 Å². The molecule has 170 valence electrons. The highest BCUT2D eigenvalue weighted by molar-refractivity contribution is 6.33. The molecular weight excluding hydrogens is 440 g/mol. The lowest BCUT2D eigenvalue weighted by Gasteiger charge is -2.36. The van der Waals surface area contributed by atoms with Gasteiger partial charge >= 0.3 is 0 Å². The van der Waals surface area contributed by atoms with E-state index in [0.29, 0.717) is 43.1 Å². The summed E-state index contributed by atoms with van der Waals surface area (Å²) in [4.78, 5) is 41.4. The van der Waals surface area contributed by atoms with E-state index in [0.717, 1.165) is 5.56 Å². The van der Waals surface area contributed by atoms with Crippen LogP contribution in [-0.2, 0) is 4.79 Å². The standard InChI is InChI=1S/C25H25ClN4O3/c1-18-7-9-19(10-8-18)22(31)11-12-23(32)29-15-13-28(14-16-29)21-17-27-30(25(33)24(21)26)20-5-3-2-4-6-20/h2-10,17H,11-16H2,1H3. The molecule has 0 aliphatic carbocycles. The number of para-hydroxylation sites is 1. The average Bonchev–Trinajstić information content (AvgIpc) is 2.85. The van der Waals surface area contributed by atoms with Gasteiger partial charge in [0.25, 0.3) is 5.56 Å². The van der Waals surface area contributed by atoms with Crippen molar-refractivity contribution in [2.75, 3.05) is 31.1 Å². The first-order valence-electron chi connectivity index (χ1n) is 10.9. The van der Waals surface area contributed by atoms with Crippen LogP contribution < -0.4 is 10.5 Å². The Balaban J connectivity index is 1.34. The molecule has 0 saturated carbocycles. The summed E-state index contributed by atoms with van der Waals surface area (Å²) in [6.07, 6.45) is 1.96. The van der Waals surface area contributed by atoms with E-state index >= 15 is 0 Å². The fourth-order valence-corrected chi connectivity index (χ4v) is 4.11. The molecule has 1 aromatic heterocycles. The molecule has 0 unspecified atom stereocenters. The molecular formula is C25H25ClN4O3. The van der Waals surface area contributed by atoms with Crippen molar-refractivity contribution in [2.45, 2.75) is 19.8 Å². The van der Waals surface area contributed by atoms with Crippen molar-refractivity contribution < 1.29 is 9.59 Å². The molecule has 2 aromatic carbocycles. The third-order valence-corrected chi connectivity index (χ3v) is 6.17. The Morgan fingerprint density at radius 1 is 0.939 bits per heavy atom. The minimum absolute atomic E-state index is 0.0289. The van der Waals surface area contributed by atoms with Crippen molar-refractivity contribution >= 4 is 29.0 Å². The van der Waals surface area contributed by atoms with Crippen LogP contribution in [-0.4, -0.2) is 52.5 Å². The molecule has 2 heterocycles. The third kappa shape index (κ3) is 5.14. The van der Waals surface area contributed by atoms with Crippen molar-refractivity contribution in [3.05, 3.63) is 87.3 Å². The monoisotopic (exact) mass is 464 g/mol. The second kappa shape index (κ2) is 10.0. The molecule has 33 heavy (non-hydrogen) atoms. The van der Waals surface area contributed by atoms with E-state index in [1.807, 2.05) is 42.2 Å². The number of aromatic nitrogens is 2. The van der Waals surface area contributed by atoms with Crippen molar-refractivity contribution in [3.8, 4) is 5.69 Å². The fourth-order valence-electron chi connectivity index (χ4n) is 3.86. The number of benzene rings is 2. The summed E-state index contributed by atoms with van der Waals surface area (Å²) in [5.41, 5.74) is 2.55.